The predicted molar refractivity (Wildman–Crippen MR) is 91.2 cm³/mol. The van der Waals surface area contributed by atoms with Gasteiger partial charge in [-0.05, 0) is 38.0 Å². The highest BCUT2D eigenvalue weighted by atomic mass is 16.5. The van der Waals surface area contributed by atoms with Crippen LogP contribution < -0.4 is 10.1 Å². The molecule has 5 nitrogen and oxygen atoms in total. The van der Waals surface area contributed by atoms with E-state index in [1.807, 2.05) is 52.0 Å². The molecular weight excluding hydrogens is 292 g/mol. The Morgan fingerprint density at radius 3 is 2.22 bits per heavy atom. The van der Waals surface area contributed by atoms with E-state index in [1.54, 1.807) is 12.0 Å². The molecule has 0 saturated carbocycles. The van der Waals surface area contributed by atoms with Crippen LogP contribution in [0.5, 0.6) is 5.75 Å². The van der Waals surface area contributed by atoms with Crippen molar-refractivity contribution in [2.24, 2.45) is 0 Å². The standard InChI is InChI=1S/C18H28N2O3/c1-6-16(18(22)19-13(3)4)20(17(21)7-2)12-14-8-10-15(23-5)11-9-14/h8-11,13,16H,6-7,12H2,1-5H3,(H,19,22). The Morgan fingerprint density at radius 2 is 1.78 bits per heavy atom. The number of hydrogen-bond acceptors (Lipinski definition) is 3. The molecule has 0 heterocycles. The van der Waals surface area contributed by atoms with Crippen LogP contribution in [0.25, 0.3) is 0 Å². The van der Waals surface area contributed by atoms with Crippen molar-refractivity contribution in [1.82, 2.24) is 10.2 Å². The summed E-state index contributed by atoms with van der Waals surface area (Å²) < 4.78 is 5.15. The Bertz CT molecular complexity index is 512. The van der Waals surface area contributed by atoms with Crippen molar-refractivity contribution in [3.8, 4) is 5.75 Å². The Hall–Kier alpha value is -2.04. The Kier molecular flexibility index (Phi) is 7.59. The van der Waals surface area contributed by atoms with Gasteiger partial charge in [0, 0.05) is 19.0 Å². The monoisotopic (exact) mass is 320 g/mol. The van der Waals surface area contributed by atoms with Crippen molar-refractivity contribution in [2.45, 2.75) is 59.2 Å². The number of rotatable bonds is 8. The Balaban J connectivity index is 2.96. The van der Waals surface area contributed by atoms with E-state index < -0.39 is 6.04 Å². The van der Waals surface area contributed by atoms with Gasteiger partial charge in [-0.2, -0.15) is 0 Å². The maximum atomic E-state index is 12.4. The van der Waals surface area contributed by atoms with E-state index in [1.165, 1.54) is 0 Å². The largest absolute Gasteiger partial charge is 0.497 e. The number of carbonyl (C=O) groups is 2. The van der Waals surface area contributed by atoms with Crippen molar-refractivity contribution >= 4 is 11.8 Å². The SMILES string of the molecule is CCC(=O)N(Cc1ccc(OC)cc1)C(CC)C(=O)NC(C)C. The van der Waals surface area contributed by atoms with Crippen LogP contribution in [0.1, 0.15) is 46.1 Å². The van der Waals surface area contributed by atoms with Crippen LogP contribution in [-0.2, 0) is 16.1 Å². The average molecular weight is 320 g/mol. The molecule has 1 aromatic carbocycles. The molecule has 128 valence electrons. The van der Waals surface area contributed by atoms with Gasteiger partial charge in [-0.3, -0.25) is 9.59 Å². The first kappa shape index (κ1) is 19.0. The third kappa shape index (κ3) is 5.58. The maximum absolute atomic E-state index is 12.4. The molecule has 1 N–H and O–H groups in total. The Morgan fingerprint density at radius 1 is 1.17 bits per heavy atom. The van der Waals surface area contributed by atoms with Gasteiger partial charge in [0.05, 0.1) is 7.11 Å². The summed E-state index contributed by atoms with van der Waals surface area (Å²) in [5.41, 5.74) is 0.975. The van der Waals surface area contributed by atoms with Gasteiger partial charge in [0.25, 0.3) is 0 Å². The van der Waals surface area contributed by atoms with Crippen LogP contribution in [0, 0.1) is 0 Å². The lowest BCUT2D eigenvalue weighted by Crippen LogP contribution is -2.50. The molecule has 0 saturated heterocycles. The van der Waals surface area contributed by atoms with Gasteiger partial charge in [-0.25, -0.2) is 0 Å². The predicted octanol–water partition coefficient (Wildman–Crippen LogP) is 2.74. The molecule has 0 aromatic heterocycles. The zero-order valence-corrected chi connectivity index (χ0v) is 14.8. The van der Waals surface area contributed by atoms with E-state index in [0.717, 1.165) is 11.3 Å². The van der Waals surface area contributed by atoms with Crippen molar-refractivity contribution in [1.29, 1.82) is 0 Å². The fourth-order valence-corrected chi connectivity index (χ4v) is 2.43. The highest BCUT2D eigenvalue weighted by Crippen LogP contribution is 2.16. The quantitative estimate of drug-likeness (QED) is 0.801. The van der Waals surface area contributed by atoms with E-state index in [4.69, 9.17) is 4.74 Å². The molecule has 0 bridgehead atoms. The summed E-state index contributed by atoms with van der Waals surface area (Å²) in [6, 6.07) is 7.16. The van der Waals surface area contributed by atoms with Crippen LogP contribution in [0.3, 0.4) is 0 Å². The van der Waals surface area contributed by atoms with Crippen LogP contribution in [-0.4, -0.2) is 35.9 Å². The summed E-state index contributed by atoms with van der Waals surface area (Å²) >= 11 is 0. The van der Waals surface area contributed by atoms with Crippen LogP contribution in [0.4, 0.5) is 0 Å². The van der Waals surface area contributed by atoms with E-state index in [0.29, 0.717) is 19.4 Å². The number of nitrogens with one attached hydrogen (secondary N) is 1. The fourth-order valence-electron chi connectivity index (χ4n) is 2.43. The molecule has 0 aliphatic rings. The molecule has 0 aliphatic heterocycles. The highest BCUT2D eigenvalue weighted by molar-refractivity contribution is 5.87. The summed E-state index contributed by atoms with van der Waals surface area (Å²) in [6.45, 7) is 7.99. The zero-order valence-electron chi connectivity index (χ0n) is 14.8. The topological polar surface area (TPSA) is 58.6 Å². The van der Waals surface area contributed by atoms with E-state index in [2.05, 4.69) is 5.32 Å². The molecule has 2 amide bonds. The van der Waals surface area contributed by atoms with Crippen LogP contribution in [0.2, 0.25) is 0 Å². The van der Waals surface area contributed by atoms with E-state index >= 15 is 0 Å². The number of hydrogen-bond donors (Lipinski definition) is 1. The first-order valence-electron chi connectivity index (χ1n) is 8.15. The van der Waals surface area contributed by atoms with Gasteiger partial charge in [0.2, 0.25) is 11.8 Å². The third-order valence-corrected chi connectivity index (χ3v) is 3.63. The molecule has 1 unspecified atom stereocenters. The Labute approximate surface area is 139 Å². The normalized spacial score (nSPS) is 11.9. The lowest BCUT2D eigenvalue weighted by molar-refractivity contribution is -0.141. The van der Waals surface area contributed by atoms with Crippen molar-refractivity contribution in [3.63, 3.8) is 0 Å². The lowest BCUT2D eigenvalue weighted by Gasteiger charge is -2.31. The van der Waals surface area contributed by atoms with Crippen molar-refractivity contribution in [2.75, 3.05) is 7.11 Å². The molecule has 1 rings (SSSR count). The van der Waals surface area contributed by atoms with Gasteiger partial charge >= 0.3 is 0 Å². The summed E-state index contributed by atoms with van der Waals surface area (Å²) in [4.78, 5) is 26.4. The van der Waals surface area contributed by atoms with E-state index in [9.17, 15) is 9.59 Å². The van der Waals surface area contributed by atoms with Gasteiger partial charge in [-0.1, -0.05) is 26.0 Å². The second-order valence-corrected chi connectivity index (χ2v) is 5.81. The number of ether oxygens (including phenoxy) is 1. The minimum Gasteiger partial charge on any atom is -0.497 e. The molecule has 1 atom stereocenters. The summed E-state index contributed by atoms with van der Waals surface area (Å²) in [5, 5.41) is 2.90. The van der Waals surface area contributed by atoms with Gasteiger partial charge < -0.3 is 15.0 Å². The maximum Gasteiger partial charge on any atom is 0.243 e. The number of methoxy groups -OCH3 is 1. The smallest absolute Gasteiger partial charge is 0.243 e. The summed E-state index contributed by atoms with van der Waals surface area (Å²) in [6.07, 6.45) is 0.960. The van der Waals surface area contributed by atoms with Gasteiger partial charge in [0.1, 0.15) is 11.8 Å². The second-order valence-electron chi connectivity index (χ2n) is 5.81. The molecule has 0 fully saturated rings. The molecule has 0 spiro atoms. The minimum atomic E-state index is -0.452. The number of nitrogens with zero attached hydrogens (tertiary/aromatic N) is 1. The highest BCUT2D eigenvalue weighted by Gasteiger charge is 2.27. The molecule has 1 aromatic rings. The zero-order chi connectivity index (χ0) is 17.4. The average Bonchev–Trinajstić information content (AvgIpc) is 2.53. The number of carbonyl (C=O) groups excluding carboxylic acids is 2. The molecular formula is C18H28N2O3. The molecule has 0 aliphatic carbocycles. The summed E-state index contributed by atoms with van der Waals surface area (Å²) in [5.74, 6) is 0.649. The van der Waals surface area contributed by atoms with Crippen molar-refractivity contribution < 1.29 is 14.3 Å². The lowest BCUT2D eigenvalue weighted by atomic mass is 10.1. The van der Waals surface area contributed by atoms with Gasteiger partial charge in [-0.15, -0.1) is 0 Å². The van der Waals surface area contributed by atoms with Gasteiger partial charge in [0.15, 0.2) is 0 Å². The summed E-state index contributed by atoms with van der Waals surface area (Å²) in [7, 11) is 1.62. The minimum absolute atomic E-state index is 0.0217. The number of benzene rings is 1. The van der Waals surface area contributed by atoms with Crippen LogP contribution in [0.15, 0.2) is 24.3 Å². The van der Waals surface area contributed by atoms with Crippen LogP contribution >= 0.6 is 0 Å². The molecule has 23 heavy (non-hydrogen) atoms. The first-order chi connectivity index (χ1) is 10.9. The first-order valence-corrected chi connectivity index (χ1v) is 8.15. The van der Waals surface area contributed by atoms with E-state index in [-0.39, 0.29) is 17.9 Å². The fraction of sp³-hybridized carbons (Fsp3) is 0.556. The molecule has 5 heteroatoms. The second kappa shape index (κ2) is 9.18. The van der Waals surface area contributed by atoms with Crippen molar-refractivity contribution in [3.05, 3.63) is 29.8 Å². The number of amides is 2. The third-order valence-electron chi connectivity index (χ3n) is 3.63. The molecule has 0 radical (unpaired) electrons.